The zero-order valence-corrected chi connectivity index (χ0v) is 12.4. The van der Waals surface area contributed by atoms with Crippen molar-refractivity contribution in [3.8, 4) is 17.2 Å². The first-order valence-electron chi connectivity index (χ1n) is 6.73. The SMILES string of the molecule is COc1cc(N)c(Cl)cc1-c1nc(C2CCOCC2)no1. The number of halogens is 1. The van der Waals surface area contributed by atoms with Crippen LogP contribution in [0.25, 0.3) is 11.5 Å². The number of rotatable bonds is 3. The standard InChI is InChI=1S/C14H16ClN3O3/c1-19-12-7-11(16)10(15)6-9(12)14-17-13(18-21-14)8-2-4-20-5-3-8/h6-8H,2-5,16H2,1H3. The van der Waals surface area contributed by atoms with Crippen LogP contribution in [-0.2, 0) is 4.74 Å². The van der Waals surface area contributed by atoms with Gasteiger partial charge in [-0.1, -0.05) is 16.8 Å². The highest BCUT2D eigenvalue weighted by molar-refractivity contribution is 6.33. The molecular formula is C14H16ClN3O3. The predicted octanol–water partition coefficient (Wildman–Crippen LogP) is 2.87. The number of aromatic nitrogens is 2. The molecule has 1 aliphatic heterocycles. The van der Waals surface area contributed by atoms with Crippen LogP contribution in [0.15, 0.2) is 16.7 Å². The maximum Gasteiger partial charge on any atom is 0.261 e. The van der Waals surface area contributed by atoms with E-state index >= 15 is 0 Å². The third-order valence-corrected chi connectivity index (χ3v) is 3.90. The molecule has 1 aromatic heterocycles. The molecule has 1 fully saturated rings. The predicted molar refractivity (Wildman–Crippen MR) is 78.5 cm³/mol. The Morgan fingerprint density at radius 3 is 2.81 bits per heavy atom. The van der Waals surface area contributed by atoms with Crippen LogP contribution in [0.2, 0.25) is 5.02 Å². The molecule has 2 heterocycles. The molecule has 1 saturated heterocycles. The van der Waals surface area contributed by atoms with Crippen molar-refractivity contribution < 1.29 is 14.0 Å². The number of hydrogen-bond donors (Lipinski definition) is 1. The number of benzene rings is 1. The number of nitrogens with zero attached hydrogens (tertiary/aromatic N) is 2. The minimum Gasteiger partial charge on any atom is -0.496 e. The Balaban J connectivity index is 1.94. The summed E-state index contributed by atoms with van der Waals surface area (Å²) in [5.41, 5.74) is 6.86. The number of nitrogen functional groups attached to an aromatic ring is 1. The smallest absolute Gasteiger partial charge is 0.261 e. The number of nitrogens with two attached hydrogens (primary N) is 1. The minimum atomic E-state index is 0.270. The fraction of sp³-hybridized carbons (Fsp3) is 0.429. The van der Waals surface area contributed by atoms with Crippen molar-refractivity contribution in [2.75, 3.05) is 26.1 Å². The van der Waals surface area contributed by atoms with Gasteiger partial charge in [-0.3, -0.25) is 0 Å². The Kier molecular flexibility index (Phi) is 3.98. The maximum absolute atomic E-state index is 6.06. The largest absolute Gasteiger partial charge is 0.496 e. The lowest BCUT2D eigenvalue weighted by Gasteiger charge is -2.18. The van der Waals surface area contributed by atoms with Crippen molar-refractivity contribution in [1.29, 1.82) is 0 Å². The van der Waals surface area contributed by atoms with E-state index < -0.39 is 0 Å². The Morgan fingerprint density at radius 2 is 2.10 bits per heavy atom. The number of ether oxygens (including phenoxy) is 2. The van der Waals surface area contributed by atoms with Crippen LogP contribution in [0.3, 0.4) is 0 Å². The van der Waals surface area contributed by atoms with E-state index in [4.69, 9.17) is 31.3 Å². The van der Waals surface area contributed by atoms with Crippen LogP contribution in [0, 0.1) is 0 Å². The summed E-state index contributed by atoms with van der Waals surface area (Å²) in [6.45, 7) is 1.46. The Bertz CT molecular complexity index is 638. The van der Waals surface area contributed by atoms with Crippen molar-refractivity contribution in [3.63, 3.8) is 0 Å². The molecular weight excluding hydrogens is 294 g/mol. The summed E-state index contributed by atoms with van der Waals surface area (Å²) in [7, 11) is 1.56. The average Bonchev–Trinajstić information content (AvgIpc) is 3.00. The lowest BCUT2D eigenvalue weighted by molar-refractivity contribution is 0.0830. The van der Waals surface area contributed by atoms with E-state index in [1.54, 1.807) is 19.2 Å². The monoisotopic (exact) mass is 309 g/mol. The third kappa shape index (κ3) is 2.82. The summed E-state index contributed by atoms with van der Waals surface area (Å²) in [6.07, 6.45) is 1.80. The van der Waals surface area contributed by atoms with Gasteiger partial charge in [0.25, 0.3) is 5.89 Å². The molecule has 0 atom stereocenters. The van der Waals surface area contributed by atoms with Gasteiger partial charge in [0.15, 0.2) is 5.82 Å². The van der Waals surface area contributed by atoms with Crippen LogP contribution in [0.1, 0.15) is 24.6 Å². The Labute approximate surface area is 127 Å². The molecule has 2 aromatic rings. The number of anilines is 1. The van der Waals surface area contributed by atoms with Crippen LogP contribution in [-0.4, -0.2) is 30.5 Å². The first-order valence-corrected chi connectivity index (χ1v) is 7.11. The van der Waals surface area contributed by atoms with Crippen molar-refractivity contribution >= 4 is 17.3 Å². The zero-order chi connectivity index (χ0) is 14.8. The molecule has 21 heavy (non-hydrogen) atoms. The molecule has 112 valence electrons. The van der Waals surface area contributed by atoms with E-state index in [1.165, 1.54) is 0 Å². The summed E-state index contributed by atoms with van der Waals surface area (Å²) < 4.78 is 16.0. The van der Waals surface area contributed by atoms with Crippen molar-refractivity contribution in [2.24, 2.45) is 0 Å². The van der Waals surface area contributed by atoms with Gasteiger partial charge in [-0.15, -0.1) is 0 Å². The number of hydrogen-bond acceptors (Lipinski definition) is 6. The van der Waals surface area contributed by atoms with Gasteiger partial charge in [0.05, 0.1) is 23.4 Å². The molecule has 0 aliphatic carbocycles. The summed E-state index contributed by atoms with van der Waals surface area (Å²) in [6, 6.07) is 3.33. The Hall–Kier alpha value is -1.79. The molecule has 0 amide bonds. The lowest BCUT2D eigenvalue weighted by Crippen LogP contribution is -2.15. The quantitative estimate of drug-likeness (QED) is 0.878. The highest BCUT2D eigenvalue weighted by Gasteiger charge is 2.23. The molecule has 3 rings (SSSR count). The van der Waals surface area contributed by atoms with E-state index in [2.05, 4.69) is 10.1 Å². The number of methoxy groups -OCH3 is 1. The van der Waals surface area contributed by atoms with E-state index in [9.17, 15) is 0 Å². The van der Waals surface area contributed by atoms with E-state index in [0.717, 1.165) is 26.1 Å². The molecule has 0 unspecified atom stereocenters. The first kappa shape index (κ1) is 14.2. The van der Waals surface area contributed by atoms with Gasteiger partial charge in [0, 0.05) is 25.2 Å². The molecule has 1 aliphatic rings. The molecule has 0 bridgehead atoms. The first-order chi connectivity index (χ1) is 10.2. The van der Waals surface area contributed by atoms with Crippen molar-refractivity contribution in [3.05, 3.63) is 23.0 Å². The average molecular weight is 310 g/mol. The highest BCUT2D eigenvalue weighted by Crippen LogP contribution is 2.36. The van der Waals surface area contributed by atoms with Gasteiger partial charge in [-0.05, 0) is 18.9 Å². The second-order valence-corrected chi connectivity index (χ2v) is 5.33. The lowest BCUT2D eigenvalue weighted by atomic mass is 10.00. The molecule has 0 radical (unpaired) electrons. The van der Waals surface area contributed by atoms with Gasteiger partial charge in [-0.25, -0.2) is 0 Å². The topological polar surface area (TPSA) is 83.4 Å². The van der Waals surface area contributed by atoms with E-state index in [1.807, 2.05) is 0 Å². The van der Waals surface area contributed by atoms with Gasteiger partial charge < -0.3 is 19.7 Å². The van der Waals surface area contributed by atoms with Crippen LogP contribution < -0.4 is 10.5 Å². The molecule has 6 nitrogen and oxygen atoms in total. The Morgan fingerprint density at radius 1 is 1.33 bits per heavy atom. The molecule has 1 aromatic carbocycles. The van der Waals surface area contributed by atoms with Crippen LogP contribution >= 0.6 is 11.6 Å². The van der Waals surface area contributed by atoms with Gasteiger partial charge >= 0.3 is 0 Å². The zero-order valence-electron chi connectivity index (χ0n) is 11.6. The summed E-state index contributed by atoms with van der Waals surface area (Å²) in [5, 5.41) is 4.50. The summed E-state index contributed by atoms with van der Waals surface area (Å²) in [5.74, 6) is 1.91. The second kappa shape index (κ2) is 5.91. The van der Waals surface area contributed by atoms with E-state index in [0.29, 0.717) is 33.7 Å². The van der Waals surface area contributed by atoms with Crippen LogP contribution in [0.4, 0.5) is 5.69 Å². The fourth-order valence-corrected chi connectivity index (χ4v) is 2.53. The second-order valence-electron chi connectivity index (χ2n) is 4.92. The molecule has 0 saturated carbocycles. The normalized spacial score (nSPS) is 16.1. The van der Waals surface area contributed by atoms with Crippen LogP contribution in [0.5, 0.6) is 5.75 Å². The summed E-state index contributed by atoms with van der Waals surface area (Å²) in [4.78, 5) is 4.47. The van der Waals surface area contributed by atoms with Gasteiger partial charge in [0.2, 0.25) is 0 Å². The third-order valence-electron chi connectivity index (χ3n) is 3.58. The maximum atomic E-state index is 6.06. The van der Waals surface area contributed by atoms with Crippen molar-refractivity contribution in [1.82, 2.24) is 10.1 Å². The van der Waals surface area contributed by atoms with E-state index in [-0.39, 0.29) is 5.92 Å². The highest BCUT2D eigenvalue weighted by atomic mass is 35.5. The molecule has 7 heteroatoms. The minimum absolute atomic E-state index is 0.270. The fourth-order valence-electron chi connectivity index (χ4n) is 2.37. The molecule has 2 N–H and O–H groups in total. The summed E-state index contributed by atoms with van der Waals surface area (Å²) >= 11 is 6.06. The molecule has 0 spiro atoms. The van der Waals surface area contributed by atoms with Gasteiger partial charge in [-0.2, -0.15) is 4.98 Å². The van der Waals surface area contributed by atoms with Gasteiger partial charge in [0.1, 0.15) is 5.75 Å². The van der Waals surface area contributed by atoms with Crippen molar-refractivity contribution in [2.45, 2.75) is 18.8 Å².